The van der Waals surface area contributed by atoms with Crippen LogP contribution in [0.4, 0.5) is 0 Å². The van der Waals surface area contributed by atoms with E-state index < -0.39 is 0 Å². The van der Waals surface area contributed by atoms with E-state index in [-0.39, 0.29) is 18.4 Å². The van der Waals surface area contributed by atoms with E-state index in [4.69, 9.17) is 10.5 Å². The number of aromatic hydroxyl groups is 1. The van der Waals surface area contributed by atoms with E-state index in [0.717, 1.165) is 50.0 Å². The van der Waals surface area contributed by atoms with Crippen LogP contribution in [0, 0.1) is 0 Å². The van der Waals surface area contributed by atoms with Gasteiger partial charge in [-0.25, -0.2) is 0 Å². The highest BCUT2D eigenvalue weighted by Gasteiger charge is 2.23. The van der Waals surface area contributed by atoms with Crippen LogP contribution in [0.25, 0.3) is 10.9 Å². The molecule has 36 heavy (non-hydrogen) atoms. The summed E-state index contributed by atoms with van der Waals surface area (Å²) in [5.74, 6) is 1.21. The Morgan fingerprint density at radius 2 is 1.67 bits per heavy atom. The second-order valence-electron chi connectivity index (χ2n) is 9.82. The number of aromatic nitrogens is 1. The molecule has 0 spiro atoms. The minimum atomic E-state index is 0. The summed E-state index contributed by atoms with van der Waals surface area (Å²) >= 11 is 0. The molecule has 0 saturated heterocycles. The first-order valence-corrected chi connectivity index (χ1v) is 13.0. The highest BCUT2D eigenvalue weighted by Crippen LogP contribution is 2.34. The minimum absolute atomic E-state index is 0. The molecule has 0 fully saturated rings. The summed E-state index contributed by atoms with van der Waals surface area (Å²) in [5, 5.41) is 10.8. The largest absolute Gasteiger partial charge is 0.508 e. The average molecular weight is 505 g/mol. The molecule has 4 aromatic rings. The number of benzene rings is 3. The van der Waals surface area contributed by atoms with Crippen LogP contribution in [-0.4, -0.2) is 22.3 Å². The molecule has 5 rings (SSSR count). The van der Waals surface area contributed by atoms with Crippen molar-refractivity contribution in [1.82, 2.24) is 4.57 Å². The Morgan fingerprint density at radius 1 is 0.889 bits per heavy atom. The number of phenolic OH excluding ortho intramolecular Hbond substituents is 1. The lowest BCUT2D eigenvalue weighted by atomic mass is 9.92. The van der Waals surface area contributed by atoms with Crippen LogP contribution in [0.2, 0.25) is 0 Å². The Hall–Kier alpha value is -2.95. The number of fused-ring (bicyclic) bond motifs is 3. The number of unbranched alkanes of at least 4 members (excludes halogenated alkanes) is 2. The second-order valence-corrected chi connectivity index (χ2v) is 9.82. The van der Waals surface area contributed by atoms with Crippen LogP contribution < -0.4 is 10.5 Å². The first kappa shape index (κ1) is 26.1. The lowest BCUT2D eigenvalue weighted by molar-refractivity contribution is 0.322. The summed E-state index contributed by atoms with van der Waals surface area (Å²) in [7, 11) is 0. The van der Waals surface area contributed by atoms with Crippen LogP contribution in [0.1, 0.15) is 48.1 Å². The summed E-state index contributed by atoms with van der Waals surface area (Å²) in [6, 6.07) is 24.9. The van der Waals surface area contributed by atoms with Gasteiger partial charge < -0.3 is 20.1 Å². The van der Waals surface area contributed by atoms with Gasteiger partial charge in [-0.1, -0.05) is 48.9 Å². The van der Waals surface area contributed by atoms with E-state index in [1.54, 1.807) is 12.1 Å². The maximum atomic E-state index is 9.46. The SMILES string of the molecule is Cl.NC1CCc2c(c3cc(OCCc4ccc(O)cc4)ccc3n2CCCCCc2ccccc2)C1. The van der Waals surface area contributed by atoms with Gasteiger partial charge in [0.2, 0.25) is 0 Å². The molecule has 1 aromatic heterocycles. The Kier molecular flexibility index (Phi) is 8.95. The lowest BCUT2D eigenvalue weighted by Gasteiger charge is -2.21. The highest BCUT2D eigenvalue weighted by molar-refractivity contribution is 5.87. The van der Waals surface area contributed by atoms with Gasteiger partial charge in [0.1, 0.15) is 11.5 Å². The van der Waals surface area contributed by atoms with Crippen LogP contribution in [0.3, 0.4) is 0 Å². The quantitative estimate of drug-likeness (QED) is 0.238. The molecule has 5 heteroatoms. The summed E-state index contributed by atoms with van der Waals surface area (Å²) < 4.78 is 8.68. The first-order valence-electron chi connectivity index (χ1n) is 13.0. The van der Waals surface area contributed by atoms with E-state index >= 15 is 0 Å². The molecule has 0 radical (unpaired) electrons. The monoisotopic (exact) mass is 504 g/mol. The number of ether oxygens (including phenoxy) is 1. The standard InChI is InChI=1S/C31H36N2O2.ClH/c32-25-12-16-30-28(21-25)29-22-27(35-20-18-24-10-13-26(34)14-11-24)15-17-31(29)33(30)19-6-2-5-9-23-7-3-1-4-8-23;/h1,3-4,7-8,10-11,13-15,17,22,25,34H,2,5-6,9,12,16,18-21,32H2;1H. The van der Waals surface area contributed by atoms with Crippen molar-refractivity contribution in [3.05, 3.63) is 95.2 Å². The van der Waals surface area contributed by atoms with Gasteiger partial charge in [0.15, 0.2) is 0 Å². The van der Waals surface area contributed by atoms with E-state index in [9.17, 15) is 5.11 Å². The van der Waals surface area contributed by atoms with E-state index in [1.165, 1.54) is 47.0 Å². The zero-order valence-corrected chi connectivity index (χ0v) is 21.7. The van der Waals surface area contributed by atoms with Crippen LogP contribution >= 0.6 is 12.4 Å². The number of aryl methyl sites for hydroxylation is 2. The number of phenols is 1. The fourth-order valence-corrected chi connectivity index (χ4v) is 5.37. The second kappa shape index (κ2) is 12.3. The average Bonchev–Trinajstić information content (AvgIpc) is 3.18. The summed E-state index contributed by atoms with van der Waals surface area (Å²) in [5.41, 5.74) is 13.2. The van der Waals surface area contributed by atoms with Crippen molar-refractivity contribution in [3.8, 4) is 11.5 Å². The Bertz CT molecular complexity index is 1250. The molecule has 190 valence electrons. The lowest BCUT2D eigenvalue weighted by Crippen LogP contribution is -2.28. The van der Waals surface area contributed by atoms with Gasteiger partial charge in [0, 0.05) is 35.6 Å². The highest BCUT2D eigenvalue weighted by atomic mass is 35.5. The zero-order chi connectivity index (χ0) is 24.0. The maximum absolute atomic E-state index is 9.46. The van der Waals surface area contributed by atoms with Crippen LogP contribution in [-0.2, 0) is 32.2 Å². The molecule has 0 amide bonds. The van der Waals surface area contributed by atoms with E-state index in [2.05, 4.69) is 53.1 Å². The van der Waals surface area contributed by atoms with Crippen molar-refractivity contribution in [2.45, 2.75) is 64.0 Å². The van der Waals surface area contributed by atoms with Gasteiger partial charge in [-0.3, -0.25) is 0 Å². The fourth-order valence-electron chi connectivity index (χ4n) is 5.37. The summed E-state index contributed by atoms with van der Waals surface area (Å²) in [6.45, 7) is 1.68. The van der Waals surface area contributed by atoms with Gasteiger partial charge in [0.05, 0.1) is 6.61 Å². The molecule has 1 heterocycles. The van der Waals surface area contributed by atoms with Gasteiger partial charge in [-0.2, -0.15) is 0 Å². The first-order chi connectivity index (χ1) is 17.2. The molecule has 0 aliphatic heterocycles. The summed E-state index contributed by atoms with van der Waals surface area (Å²) in [6.07, 6.45) is 8.70. The number of hydrogen-bond donors (Lipinski definition) is 2. The van der Waals surface area contributed by atoms with Crippen molar-refractivity contribution < 1.29 is 9.84 Å². The van der Waals surface area contributed by atoms with Crippen molar-refractivity contribution in [2.24, 2.45) is 5.73 Å². The van der Waals surface area contributed by atoms with E-state index in [0.29, 0.717) is 12.4 Å². The predicted molar refractivity (Wildman–Crippen MR) is 150 cm³/mol. The molecular weight excluding hydrogens is 468 g/mol. The molecule has 0 bridgehead atoms. The summed E-state index contributed by atoms with van der Waals surface area (Å²) in [4.78, 5) is 0. The number of nitrogens with two attached hydrogens (primary N) is 1. The molecule has 4 nitrogen and oxygen atoms in total. The molecule has 1 aliphatic rings. The topological polar surface area (TPSA) is 60.4 Å². The predicted octanol–water partition coefficient (Wildman–Crippen LogP) is 6.62. The number of nitrogens with zero attached hydrogens (tertiary/aromatic N) is 1. The number of halogens is 1. The number of rotatable bonds is 10. The van der Waals surface area contributed by atoms with Crippen LogP contribution in [0.5, 0.6) is 11.5 Å². The molecule has 1 aliphatic carbocycles. The molecule has 0 saturated carbocycles. The molecule has 1 atom stereocenters. The van der Waals surface area contributed by atoms with Gasteiger partial charge in [-0.15, -0.1) is 12.4 Å². The Labute approximate surface area is 220 Å². The molecule has 3 aromatic carbocycles. The third kappa shape index (κ3) is 6.24. The Morgan fingerprint density at radius 3 is 2.47 bits per heavy atom. The Balaban J connectivity index is 0.00000304. The van der Waals surface area contributed by atoms with Crippen molar-refractivity contribution in [2.75, 3.05) is 6.61 Å². The number of hydrogen-bond acceptors (Lipinski definition) is 3. The van der Waals surface area contributed by atoms with Gasteiger partial charge >= 0.3 is 0 Å². The molecular formula is C31H37ClN2O2. The van der Waals surface area contributed by atoms with Crippen molar-refractivity contribution in [3.63, 3.8) is 0 Å². The maximum Gasteiger partial charge on any atom is 0.120 e. The minimum Gasteiger partial charge on any atom is -0.508 e. The smallest absolute Gasteiger partial charge is 0.120 e. The van der Waals surface area contributed by atoms with Crippen LogP contribution in [0.15, 0.2) is 72.8 Å². The van der Waals surface area contributed by atoms with E-state index in [1.807, 2.05) is 12.1 Å². The zero-order valence-electron chi connectivity index (χ0n) is 20.9. The third-order valence-electron chi connectivity index (χ3n) is 7.26. The fraction of sp³-hybridized carbons (Fsp3) is 0.355. The van der Waals surface area contributed by atoms with Gasteiger partial charge in [0.25, 0.3) is 0 Å². The normalized spacial score (nSPS) is 14.9. The van der Waals surface area contributed by atoms with Crippen molar-refractivity contribution in [1.29, 1.82) is 0 Å². The van der Waals surface area contributed by atoms with Crippen molar-refractivity contribution >= 4 is 23.3 Å². The van der Waals surface area contributed by atoms with Gasteiger partial charge in [-0.05, 0) is 85.5 Å². The molecule has 1 unspecified atom stereocenters. The molecule has 3 N–H and O–H groups in total. The third-order valence-corrected chi connectivity index (χ3v) is 7.26.